The van der Waals surface area contributed by atoms with Crippen LogP contribution in [0.1, 0.15) is 23.1 Å². The Labute approximate surface area is 91.8 Å². The minimum absolute atomic E-state index is 0.677. The molecule has 15 heavy (non-hydrogen) atoms. The van der Waals surface area contributed by atoms with Gasteiger partial charge in [-0.2, -0.15) is 5.10 Å². The van der Waals surface area contributed by atoms with E-state index in [0.29, 0.717) is 6.54 Å². The van der Waals surface area contributed by atoms with Crippen molar-refractivity contribution in [3.8, 4) is 0 Å². The van der Waals surface area contributed by atoms with Gasteiger partial charge in [0.2, 0.25) is 0 Å². The van der Waals surface area contributed by atoms with Gasteiger partial charge in [0.05, 0.1) is 6.42 Å². The van der Waals surface area contributed by atoms with E-state index in [2.05, 4.69) is 20.2 Å². The monoisotopic (exact) mass is 223 g/mol. The van der Waals surface area contributed by atoms with Crippen LogP contribution in [-0.4, -0.2) is 26.7 Å². The van der Waals surface area contributed by atoms with E-state index in [9.17, 15) is 0 Å². The van der Waals surface area contributed by atoms with Crippen molar-refractivity contribution in [2.45, 2.75) is 19.3 Å². The average Bonchev–Trinajstić information content (AvgIpc) is 2.87. The lowest BCUT2D eigenvalue weighted by molar-refractivity contribution is 0.785. The summed E-state index contributed by atoms with van der Waals surface area (Å²) in [4.78, 5) is 8.56. The Morgan fingerprint density at radius 1 is 1.47 bits per heavy atom. The van der Waals surface area contributed by atoms with E-state index in [-0.39, 0.29) is 0 Å². The third kappa shape index (κ3) is 2.84. The number of nitrogens with zero attached hydrogens (tertiary/aromatic N) is 3. The molecule has 6 heteroatoms. The molecule has 2 aromatic heterocycles. The molecule has 0 aliphatic rings. The van der Waals surface area contributed by atoms with Crippen LogP contribution in [0.5, 0.6) is 0 Å². The summed E-state index contributed by atoms with van der Waals surface area (Å²) in [6.45, 7) is 0.677. The first-order valence-electron chi connectivity index (χ1n) is 4.87. The van der Waals surface area contributed by atoms with E-state index < -0.39 is 0 Å². The van der Waals surface area contributed by atoms with Crippen LogP contribution in [0.15, 0.2) is 11.6 Å². The fourth-order valence-corrected chi connectivity index (χ4v) is 1.89. The Hall–Kier alpha value is -1.27. The predicted molar refractivity (Wildman–Crippen MR) is 58.7 cm³/mol. The molecule has 80 valence electrons. The quantitative estimate of drug-likeness (QED) is 0.783. The second-order valence-electron chi connectivity index (χ2n) is 3.19. The minimum atomic E-state index is 0.677. The summed E-state index contributed by atoms with van der Waals surface area (Å²) < 4.78 is 0. The molecule has 0 amide bonds. The summed E-state index contributed by atoms with van der Waals surface area (Å²) >= 11 is 1.63. The molecule has 0 aromatic carbocycles. The van der Waals surface area contributed by atoms with Crippen LogP contribution in [0.25, 0.3) is 0 Å². The summed E-state index contributed by atoms with van der Waals surface area (Å²) in [6, 6.07) is 0. The van der Waals surface area contributed by atoms with Crippen molar-refractivity contribution in [1.82, 2.24) is 20.2 Å². The molecule has 2 heterocycles. The molecular weight excluding hydrogens is 210 g/mol. The largest absolute Gasteiger partial charge is 0.330 e. The molecule has 0 unspecified atom stereocenters. The maximum absolute atomic E-state index is 5.42. The molecule has 0 fully saturated rings. The van der Waals surface area contributed by atoms with Gasteiger partial charge in [0.15, 0.2) is 5.82 Å². The molecule has 2 rings (SSSR count). The van der Waals surface area contributed by atoms with Crippen molar-refractivity contribution in [3.63, 3.8) is 0 Å². The van der Waals surface area contributed by atoms with E-state index >= 15 is 0 Å². The van der Waals surface area contributed by atoms with Crippen LogP contribution in [-0.2, 0) is 12.8 Å². The molecule has 0 atom stereocenters. The van der Waals surface area contributed by atoms with Crippen LogP contribution in [0, 0.1) is 0 Å². The molecule has 0 saturated carbocycles. The standard InChI is InChI=1S/C9H13N5S/c10-3-1-2-7-12-8(14-13-7)6-9-11-4-5-15-9/h4-5H,1-3,6,10H2,(H,12,13,14). The summed E-state index contributed by atoms with van der Waals surface area (Å²) in [5.74, 6) is 1.71. The highest BCUT2D eigenvalue weighted by Crippen LogP contribution is 2.08. The Morgan fingerprint density at radius 2 is 2.40 bits per heavy atom. The zero-order valence-corrected chi connectivity index (χ0v) is 9.13. The van der Waals surface area contributed by atoms with Crippen molar-refractivity contribution in [2.24, 2.45) is 5.73 Å². The lowest BCUT2D eigenvalue weighted by Crippen LogP contribution is -2.01. The van der Waals surface area contributed by atoms with E-state index in [4.69, 9.17) is 5.73 Å². The van der Waals surface area contributed by atoms with E-state index in [0.717, 1.165) is 35.9 Å². The predicted octanol–water partition coefficient (Wildman–Crippen LogP) is 0.743. The highest BCUT2D eigenvalue weighted by Gasteiger charge is 2.04. The number of rotatable bonds is 5. The van der Waals surface area contributed by atoms with Crippen molar-refractivity contribution in [1.29, 1.82) is 0 Å². The third-order valence-corrected chi connectivity index (χ3v) is 2.76. The molecule has 0 bridgehead atoms. The number of H-pyrrole nitrogens is 1. The van der Waals surface area contributed by atoms with Gasteiger partial charge in [-0.1, -0.05) is 0 Å². The fourth-order valence-electron chi connectivity index (χ4n) is 1.27. The van der Waals surface area contributed by atoms with Gasteiger partial charge in [-0.15, -0.1) is 11.3 Å². The number of hydrogen-bond donors (Lipinski definition) is 2. The smallest absolute Gasteiger partial charge is 0.150 e. The summed E-state index contributed by atoms with van der Waals surface area (Å²) in [7, 11) is 0. The lowest BCUT2D eigenvalue weighted by atomic mass is 10.3. The van der Waals surface area contributed by atoms with Crippen LogP contribution in [0.3, 0.4) is 0 Å². The summed E-state index contributed by atoms with van der Waals surface area (Å²) in [6.07, 6.45) is 4.29. The first-order valence-corrected chi connectivity index (χ1v) is 5.75. The second kappa shape index (κ2) is 4.99. The number of hydrogen-bond acceptors (Lipinski definition) is 5. The number of nitrogens with two attached hydrogens (primary N) is 1. The maximum atomic E-state index is 5.42. The average molecular weight is 223 g/mol. The van der Waals surface area contributed by atoms with Gasteiger partial charge in [-0.25, -0.2) is 9.97 Å². The van der Waals surface area contributed by atoms with Gasteiger partial charge in [-0.3, -0.25) is 5.10 Å². The zero-order chi connectivity index (χ0) is 10.5. The first-order chi connectivity index (χ1) is 7.38. The molecule has 3 N–H and O–H groups in total. The summed E-state index contributed by atoms with van der Waals surface area (Å²) in [5.41, 5.74) is 5.42. The molecular formula is C9H13N5S. The Balaban J connectivity index is 1.95. The number of aryl methyl sites for hydroxylation is 1. The number of nitrogens with one attached hydrogen (secondary N) is 1. The molecule has 0 spiro atoms. The maximum Gasteiger partial charge on any atom is 0.150 e. The minimum Gasteiger partial charge on any atom is -0.330 e. The van der Waals surface area contributed by atoms with Gasteiger partial charge >= 0.3 is 0 Å². The molecule has 2 aromatic rings. The number of thiazole rings is 1. The normalized spacial score (nSPS) is 10.7. The topological polar surface area (TPSA) is 80.5 Å². The van der Waals surface area contributed by atoms with Gasteiger partial charge in [-0.05, 0) is 13.0 Å². The molecule has 5 nitrogen and oxygen atoms in total. The Morgan fingerprint density at radius 3 is 3.13 bits per heavy atom. The lowest BCUT2D eigenvalue weighted by Gasteiger charge is -1.90. The highest BCUT2D eigenvalue weighted by molar-refractivity contribution is 7.09. The number of aromatic amines is 1. The highest BCUT2D eigenvalue weighted by atomic mass is 32.1. The van der Waals surface area contributed by atoms with Crippen molar-refractivity contribution >= 4 is 11.3 Å². The van der Waals surface area contributed by atoms with Crippen LogP contribution >= 0.6 is 11.3 Å². The Bertz CT molecular complexity index is 394. The van der Waals surface area contributed by atoms with E-state index in [1.165, 1.54) is 0 Å². The van der Waals surface area contributed by atoms with Crippen molar-refractivity contribution in [2.75, 3.05) is 6.54 Å². The van der Waals surface area contributed by atoms with Crippen LogP contribution < -0.4 is 5.73 Å². The van der Waals surface area contributed by atoms with Gasteiger partial charge < -0.3 is 5.73 Å². The molecule has 0 aliphatic heterocycles. The van der Waals surface area contributed by atoms with Gasteiger partial charge in [0, 0.05) is 18.0 Å². The van der Waals surface area contributed by atoms with Crippen LogP contribution in [0.2, 0.25) is 0 Å². The van der Waals surface area contributed by atoms with Gasteiger partial charge in [0.25, 0.3) is 0 Å². The fraction of sp³-hybridized carbons (Fsp3) is 0.444. The zero-order valence-electron chi connectivity index (χ0n) is 8.31. The van der Waals surface area contributed by atoms with Crippen LogP contribution in [0.4, 0.5) is 0 Å². The second-order valence-corrected chi connectivity index (χ2v) is 4.17. The van der Waals surface area contributed by atoms with E-state index in [1.807, 2.05) is 5.38 Å². The third-order valence-electron chi connectivity index (χ3n) is 1.98. The SMILES string of the molecule is NCCCc1n[nH]c(Cc2nccs2)n1. The molecule has 0 aliphatic carbocycles. The summed E-state index contributed by atoms with van der Waals surface area (Å²) in [5, 5.41) is 10.0. The van der Waals surface area contributed by atoms with Gasteiger partial charge in [0.1, 0.15) is 10.8 Å². The molecule has 0 radical (unpaired) electrons. The molecule has 0 saturated heterocycles. The van der Waals surface area contributed by atoms with Crippen molar-refractivity contribution in [3.05, 3.63) is 28.2 Å². The van der Waals surface area contributed by atoms with Crippen molar-refractivity contribution < 1.29 is 0 Å². The first kappa shape index (κ1) is 10.3. The number of aromatic nitrogens is 4. The van der Waals surface area contributed by atoms with E-state index in [1.54, 1.807) is 17.5 Å². The Kier molecular flexibility index (Phi) is 3.41.